The molecule has 1 saturated carbocycles. The summed E-state index contributed by atoms with van der Waals surface area (Å²) in [5, 5.41) is 25.9. The van der Waals surface area contributed by atoms with Crippen molar-refractivity contribution in [2.75, 3.05) is 6.16 Å². The summed E-state index contributed by atoms with van der Waals surface area (Å²) in [6.45, 7) is 7.78. The molecule has 1 fully saturated rings. The van der Waals surface area contributed by atoms with Gasteiger partial charge in [0.2, 0.25) is 0 Å². The van der Waals surface area contributed by atoms with Crippen LogP contribution in [-0.4, -0.2) is 27.6 Å². The van der Waals surface area contributed by atoms with Crippen LogP contribution in [0.4, 0.5) is 0 Å². The molecule has 3 unspecified atom stereocenters. The molecule has 2 nitrogen and oxygen atoms in total. The molecule has 0 spiro atoms. The van der Waals surface area contributed by atoms with Gasteiger partial charge in [-0.3, -0.25) is 0 Å². The van der Waals surface area contributed by atoms with E-state index in [4.69, 9.17) is 0 Å². The van der Waals surface area contributed by atoms with Crippen LogP contribution in [0, 0.1) is 11.8 Å². The lowest BCUT2D eigenvalue weighted by Gasteiger charge is -2.33. The van der Waals surface area contributed by atoms with Gasteiger partial charge in [0.15, 0.2) is 0 Å². The molecule has 196 valence electrons. The molecule has 0 bridgehead atoms. The first kappa shape index (κ1) is 29.1. The molecule has 2 N–H and O–H groups in total. The van der Waals surface area contributed by atoms with Gasteiger partial charge in [-0.25, -0.2) is 0 Å². The number of allylic oxidation sites excluding steroid dienone is 3. The molecule has 4 rings (SSSR count). The predicted molar refractivity (Wildman–Crippen MR) is 163 cm³/mol. The maximum Gasteiger partial charge on any atom is 0.115 e. The molecule has 0 radical (unpaired) electrons. The normalized spacial score (nSPS) is 22.7. The lowest BCUT2D eigenvalue weighted by Crippen LogP contribution is -2.39. The Morgan fingerprint density at radius 3 is 1.73 bits per heavy atom. The van der Waals surface area contributed by atoms with Crippen molar-refractivity contribution in [1.82, 2.24) is 0 Å². The van der Waals surface area contributed by atoms with Gasteiger partial charge < -0.3 is 10.2 Å². The third-order valence-corrected chi connectivity index (χ3v) is 12.1. The van der Waals surface area contributed by atoms with E-state index in [0.29, 0.717) is 6.42 Å². The molecule has 3 heteroatoms. The van der Waals surface area contributed by atoms with E-state index in [0.717, 1.165) is 12.6 Å². The van der Waals surface area contributed by atoms with Crippen LogP contribution >= 0.6 is 7.26 Å². The number of aliphatic hydroxyl groups is 2. The molecule has 37 heavy (non-hydrogen) atoms. The largest absolute Gasteiger partial charge is 0.390 e. The van der Waals surface area contributed by atoms with E-state index < -0.39 is 18.5 Å². The zero-order valence-corrected chi connectivity index (χ0v) is 22.9. The van der Waals surface area contributed by atoms with E-state index in [2.05, 4.69) is 116 Å². The average molecular weight is 516 g/mol. The second-order valence-corrected chi connectivity index (χ2v) is 14.5. The van der Waals surface area contributed by atoms with Crippen LogP contribution in [0.1, 0.15) is 48.0 Å². The average Bonchev–Trinajstić information content (AvgIpc) is 3.19. The highest BCUT2D eigenvalue weighted by Gasteiger charge is 2.48. The summed E-state index contributed by atoms with van der Waals surface area (Å²) >= 11 is 0. The van der Waals surface area contributed by atoms with Crippen LogP contribution in [0.25, 0.3) is 0 Å². The van der Waals surface area contributed by atoms with E-state index in [1.807, 2.05) is 20.8 Å². The van der Waals surface area contributed by atoms with Gasteiger partial charge in [-0.2, -0.15) is 0 Å². The predicted octanol–water partition coefficient (Wildman–Crippen LogP) is 6.67. The molecule has 0 aliphatic heterocycles. The van der Waals surface area contributed by atoms with Gasteiger partial charge in [-0.15, -0.1) is 0 Å². The Kier molecular flexibility index (Phi) is 9.35. The highest BCUT2D eigenvalue weighted by Crippen LogP contribution is 2.55. The summed E-state index contributed by atoms with van der Waals surface area (Å²) < 4.78 is 0. The molecular weight excluding hydrogens is 471 g/mol. The van der Waals surface area contributed by atoms with Crippen molar-refractivity contribution in [1.29, 1.82) is 0 Å². The summed E-state index contributed by atoms with van der Waals surface area (Å²) in [6.07, 6.45) is 9.11. The van der Waals surface area contributed by atoms with E-state index in [1.165, 1.54) is 21.5 Å². The maximum atomic E-state index is 11.0. The van der Waals surface area contributed by atoms with Crippen molar-refractivity contribution in [3.05, 3.63) is 115 Å². The second kappa shape index (κ2) is 11.9. The zero-order chi connectivity index (χ0) is 25.8. The molecule has 0 saturated heterocycles. The highest BCUT2D eigenvalue weighted by atomic mass is 31.2. The van der Waals surface area contributed by atoms with Crippen molar-refractivity contribution >= 4 is 23.2 Å². The Hall–Kier alpha value is -2.51. The minimum Gasteiger partial charge on any atom is -0.390 e. The van der Waals surface area contributed by atoms with Crippen LogP contribution in [-0.2, 0) is 0 Å². The Labute approximate surface area is 225 Å². The van der Waals surface area contributed by atoms with Gasteiger partial charge in [-0.05, 0) is 88.9 Å². The van der Waals surface area contributed by atoms with Crippen LogP contribution in [0.3, 0.4) is 0 Å². The Morgan fingerprint density at radius 1 is 0.892 bits per heavy atom. The first-order chi connectivity index (χ1) is 17.1. The topological polar surface area (TPSA) is 40.5 Å². The van der Waals surface area contributed by atoms with Crippen LogP contribution < -0.4 is 15.9 Å². The molecule has 3 aromatic carbocycles. The van der Waals surface area contributed by atoms with Crippen LogP contribution in [0.15, 0.2) is 115 Å². The number of hydrogen-bond donors (Lipinski definition) is 2. The SMILES string of the molecule is C.CC(/C=C/C1C(C(C)(C)O)CCC1(C)O)=C\C[P+](c1ccccc1)(c1ccccc1)c1ccccc1. The summed E-state index contributed by atoms with van der Waals surface area (Å²) in [5.41, 5.74) is -0.433. The first-order valence-electron chi connectivity index (χ1n) is 13.0. The number of benzene rings is 3. The third kappa shape index (κ3) is 6.32. The zero-order valence-electron chi connectivity index (χ0n) is 22.0. The van der Waals surface area contributed by atoms with E-state index in [9.17, 15) is 10.2 Å². The fourth-order valence-electron chi connectivity index (χ4n) is 5.78. The maximum absolute atomic E-state index is 11.0. The fourth-order valence-corrected chi connectivity index (χ4v) is 9.91. The molecule has 0 aromatic heterocycles. The van der Waals surface area contributed by atoms with Gasteiger partial charge >= 0.3 is 0 Å². The fraction of sp³-hybridized carbons (Fsp3) is 0.353. The van der Waals surface area contributed by atoms with E-state index in [-0.39, 0.29) is 19.3 Å². The minimum atomic E-state index is -1.92. The summed E-state index contributed by atoms with van der Waals surface area (Å²) in [7, 11) is -1.92. The quantitative estimate of drug-likeness (QED) is 0.260. The molecule has 3 aromatic rings. The van der Waals surface area contributed by atoms with Gasteiger partial charge in [-0.1, -0.05) is 79.7 Å². The third-order valence-electron chi connectivity index (χ3n) is 7.86. The van der Waals surface area contributed by atoms with Gasteiger partial charge in [0.25, 0.3) is 0 Å². The molecule has 1 aliphatic carbocycles. The summed E-state index contributed by atoms with van der Waals surface area (Å²) in [6, 6.07) is 32.8. The van der Waals surface area contributed by atoms with Crippen molar-refractivity contribution in [2.45, 2.75) is 59.2 Å². The van der Waals surface area contributed by atoms with Crippen molar-refractivity contribution in [3.63, 3.8) is 0 Å². The van der Waals surface area contributed by atoms with Crippen LogP contribution in [0.5, 0.6) is 0 Å². The molecule has 1 aliphatic rings. The smallest absolute Gasteiger partial charge is 0.115 e. The second-order valence-electron chi connectivity index (χ2n) is 11.0. The molecule has 0 amide bonds. The highest BCUT2D eigenvalue weighted by molar-refractivity contribution is 7.95. The number of rotatable bonds is 8. The van der Waals surface area contributed by atoms with E-state index >= 15 is 0 Å². The van der Waals surface area contributed by atoms with Gasteiger partial charge in [0.1, 0.15) is 23.2 Å². The standard InChI is InChI=1S/C33H40O2P.CH4/c1-26(20-21-31-30(32(2,3)34)22-24-33(31,4)35)23-25-36(27-14-8-5-9-15-27,28-16-10-6-11-17-28)29-18-12-7-13-19-29;/h5-21,23,30-31,34-35H,22,24-25H2,1-4H3;1H4/q+1;/b21-20+,26-23+;. The monoisotopic (exact) mass is 515 g/mol. The molecule has 0 heterocycles. The Balaban J connectivity index is 0.00000380. The summed E-state index contributed by atoms with van der Waals surface area (Å²) in [4.78, 5) is 0. The van der Waals surface area contributed by atoms with Crippen LogP contribution in [0.2, 0.25) is 0 Å². The lowest BCUT2D eigenvalue weighted by atomic mass is 9.78. The van der Waals surface area contributed by atoms with Gasteiger partial charge in [0.05, 0.1) is 17.4 Å². The first-order valence-corrected chi connectivity index (χ1v) is 15.0. The van der Waals surface area contributed by atoms with Crippen molar-refractivity contribution in [2.24, 2.45) is 11.8 Å². The summed E-state index contributed by atoms with van der Waals surface area (Å²) in [5.74, 6) is -0.0288. The number of hydrogen-bond acceptors (Lipinski definition) is 2. The minimum absolute atomic E-state index is 0. The van der Waals surface area contributed by atoms with E-state index in [1.54, 1.807) is 0 Å². The lowest BCUT2D eigenvalue weighted by molar-refractivity contribution is -0.0294. The Bertz CT molecular complexity index is 1080. The Morgan fingerprint density at radius 2 is 1.32 bits per heavy atom. The van der Waals surface area contributed by atoms with Gasteiger partial charge in [0, 0.05) is 5.92 Å². The molecular formula is C34H44O2P+. The van der Waals surface area contributed by atoms with Crippen molar-refractivity contribution in [3.8, 4) is 0 Å². The molecule has 3 atom stereocenters. The van der Waals surface area contributed by atoms with Crippen molar-refractivity contribution < 1.29 is 10.2 Å².